The highest BCUT2D eigenvalue weighted by Gasteiger charge is 2.29. The van der Waals surface area contributed by atoms with E-state index >= 15 is 0 Å². The van der Waals surface area contributed by atoms with Crippen molar-refractivity contribution in [2.24, 2.45) is 0 Å². The minimum atomic E-state index is -0.310. The Kier molecular flexibility index (Phi) is 5.61. The molecule has 5 heterocycles. The van der Waals surface area contributed by atoms with Crippen molar-refractivity contribution in [2.45, 2.75) is 12.3 Å². The molecule has 0 bridgehead atoms. The summed E-state index contributed by atoms with van der Waals surface area (Å²) < 4.78 is 1.62. The van der Waals surface area contributed by atoms with Gasteiger partial charge in [-0.15, -0.1) is 11.6 Å². The van der Waals surface area contributed by atoms with Crippen molar-refractivity contribution >= 4 is 45.7 Å². The third kappa shape index (κ3) is 3.97. The number of likely N-dealkylation sites (tertiary alicyclic amines) is 1. The van der Waals surface area contributed by atoms with E-state index in [0.717, 1.165) is 39.8 Å². The zero-order valence-electron chi connectivity index (χ0n) is 19.2. The number of rotatable bonds is 5. The van der Waals surface area contributed by atoms with Gasteiger partial charge in [-0.1, -0.05) is 6.07 Å². The number of fused-ring (bicyclic) bond motifs is 2. The number of hydrogen-bond donors (Lipinski definition) is 2. The first-order valence-corrected chi connectivity index (χ1v) is 12.2. The average molecular weight is 500 g/mol. The number of nitrogens with one attached hydrogen (secondary N) is 2. The minimum Gasteiger partial charge on any atom is -0.343 e. The number of nitrogens with zero attached hydrogens (tertiary/aromatic N) is 5. The molecule has 4 aromatic heterocycles. The number of carbonyl (C=O) groups excluding carboxylic acids is 2. The molecule has 1 atom stereocenters. The number of aromatic nitrogens is 5. The smallest absolute Gasteiger partial charge is 0.253 e. The van der Waals surface area contributed by atoms with Crippen LogP contribution in [0.2, 0.25) is 0 Å². The molecule has 36 heavy (non-hydrogen) atoms. The van der Waals surface area contributed by atoms with Crippen molar-refractivity contribution < 1.29 is 9.59 Å². The fourth-order valence-electron chi connectivity index (χ4n) is 4.85. The van der Waals surface area contributed by atoms with Crippen LogP contribution in [-0.4, -0.2) is 60.5 Å². The lowest BCUT2D eigenvalue weighted by atomic mass is 10.0. The fraction of sp³-hybridized carbons (Fsp3) is 0.192. The van der Waals surface area contributed by atoms with Crippen molar-refractivity contribution in [3.05, 3.63) is 78.4 Å². The van der Waals surface area contributed by atoms with Gasteiger partial charge in [0.05, 0.1) is 11.7 Å². The van der Waals surface area contributed by atoms with Crippen LogP contribution < -0.4 is 5.32 Å². The summed E-state index contributed by atoms with van der Waals surface area (Å²) in [5.41, 5.74) is 5.90. The molecule has 2 amide bonds. The van der Waals surface area contributed by atoms with E-state index in [0.29, 0.717) is 24.3 Å². The molecule has 1 aliphatic rings. The predicted octanol–water partition coefficient (Wildman–Crippen LogP) is 4.08. The Balaban J connectivity index is 1.25. The lowest BCUT2D eigenvalue weighted by Gasteiger charge is -2.17. The van der Waals surface area contributed by atoms with Crippen LogP contribution in [-0.2, 0) is 4.79 Å². The Morgan fingerprint density at radius 3 is 2.89 bits per heavy atom. The Morgan fingerprint density at radius 1 is 1.08 bits per heavy atom. The van der Waals surface area contributed by atoms with E-state index in [2.05, 4.69) is 31.5 Å². The molecule has 1 aromatic carbocycles. The number of aromatic amines is 1. The van der Waals surface area contributed by atoms with Crippen LogP contribution in [0.4, 0.5) is 5.69 Å². The highest BCUT2D eigenvalue weighted by molar-refractivity contribution is 6.29. The molecule has 180 valence electrons. The van der Waals surface area contributed by atoms with E-state index in [9.17, 15) is 9.59 Å². The molecule has 0 unspecified atom stereocenters. The first-order valence-electron chi connectivity index (χ1n) is 11.6. The number of halogens is 1. The zero-order valence-corrected chi connectivity index (χ0v) is 19.9. The maximum absolute atomic E-state index is 13.2. The van der Waals surface area contributed by atoms with Crippen molar-refractivity contribution in [3.63, 3.8) is 0 Å². The Bertz CT molecular complexity index is 1610. The fourth-order valence-corrected chi connectivity index (χ4v) is 4.91. The molecule has 0 saturated carbocycles. The maximum atomic E-state index is 13.2. The van der Waals surface area contributed by atoms with E-state index in [1.807, 2.05) is 29.3 Å². The summed E-state index contributed by atoms with van der Waals surface area (Å²) in [4.78, 5) is 34.7. The normalized spacial score (nSPS) is 15.6. The second kappa shape index (κ2) is 9.09. The van der Waals surface area contributed by atoms with Gasteiger partial charge in [0.15, 0.2) is 0 Å². The zero-order chi connectivity index (χ0) is 24.6. The van der Waals surface area contributed by atoms with Gasteiger partial charge >= 0.3 is 0 Å². The molecule has 9 nitrogen and oxygen atoms in total. The largest absolute Gasteiger partial charge is 0.343 e. The summed E-state index contributed by atoms with van der Waals surface area (Å²) in [6.07, 6.45) is 6.17. The number of benzene rings is 1. The number of hydrogen-bond acceptors (Lipinski definition) is 5. The van der Waals surface area contributed by atoms with Crippen LogP contribution in [0.15, 0.2) is 67.1 Å². The van der Waals surface area contributed by atoms with E-state index in [1.54, 1.807) is 41.3 Å². The summed E-state index contributed by atoms with van der Waals surface area (Å²) in [5.74, 6) is -0.343. The van der Waals surface area contributed by atoms with E-state index in [1.165, 1.54) is 0 Å². The lowest BCUT2D eigenvalue weighted by Crippen LogP contribution is -2.28. The van der Waals surface area contributed by atoms with E-state index in [4.69, 9.17) is 11.6 Å². The van der Waals surface area contributed by atoms with Gasteiger partial charge < -0.3 is 15.2 Å². The molecule has 0 spiro atoms. The maximum Gasteiger partial charge on any atom is 0.253 e. The van der Waals surface area contributed by atoms with Crippen molar-refractivity contribution in [2.75, 3.05) is 24.3 Å². The summed E-state index contributed by atoms with van der Waals surface area (Å²) in [7, 11) is 0. The molecule has 0 aliphatic carbocycles. The third-order valence-electron chi connectivity index (χ3n) is 6.58. The minimum absolute atomic E-state index is 0.0618. The predicted molar refractivity (Wildman–Crippen MR) is 137 cm³/mol. The second-order valence-corrected chi connectivity index (χ2v) is 9.07. The monoisotopic (exact) mass is 499 g/mol. The molecule has 10 heteroatoms. The first-order chi connectivity index (χ1) is 17.6. The molecule has 6 rings (SSSR count). The van der Waals surface area contributed by atoms with Crippen LogP contribution in [0.25, 0.3) is 27.7 Å². The molecule has 0 radical (unpaired) electrons. The van der Waals surface area contributed by atoms with Gasteiger partial charge in [-0.2, -0.15) is 14.8 Å². The van der Waals surface area contributed by atoms with Crippen molar-refractivity contribution in [3.8, 4) is 11.1 Å². The van der Waals surface area contributed by atoms with Gasteiger partial charge in [-0.3, -0.25) is 9.59 Å². The van der Waals surface area contributed by atoms with Crippen LogP contribution in [0.3, 0.4) is 0 Å². The van der Waals surface area contributed by atoms with Crippen LogP contribution in [0, 0.1) is 0 Å². The summed E-state index contributed by atoms with van der Waals surface area (Å²) >= 11 is 5.57. The van der Waals surface area contributed by atoms with Gasteiger partial charge in [-0.05, 0) is 54.4 Å². The molecule has 1 saturated heterocycles. The molecule has 1 fully saturated rings. The van der Waals surface area contributed by atoms with E-state index < -0.39 is 0 Å². The SMILES string of the molecule is O=C(CCl)Nc1cccc(C(=O)N2CC[C@H](c3cc4c(-c5cnn6ncccc56)ccnc4[nH]3)C2)c1. The first kappa shape index (κ1) is 22.2. The van der Waals surface area contributed by atoms with Crippen LogP contribution in [0.1, 0.15) is 28.4 Å². The summed E-state index contributed by atoms with van der Waals surface area (Å²) in [6.45, 7) is 1.25. The Labute approximate surface area is 211 Å². The Morgan fingerprint density at radius 2 is 2.00 bits per heavy atom. The quantitative estimate of drug-likeness (QED) is 0.354. The Hall–Kier alpha value is -4.24. The van der Waals surface area contributed by atoms with Gasteiger partial charge in [0.2, 0.25) is 5.91 Å². The van der Waals surface area contributed by atoms with Gasteiger partial charge in [-0.25, -0.2) is 4.98 Å². The third-order valence-corrected chi connectivity index (χ3v) is 6.82. The number of alkyl halides is 1. The molecular weight excluding hydrogens is 478 g/mol. The highest BCUT2D eigenvalue weighted by atomic mass is 35.5. The van der Waals surface area contributed by atoms with Crippen LogP contribution in [0.5, 0.6) is 0 Å². The van der Waals surface area contributed by atoms with Gasteiger partial charge in [0.25, 0.3) is 5.91 Å². The number of anilines is 1. The van der Waals surface area contributed by atoms with Gasteiger partial charge in [0, 0.05) is 59.3 Å². The molecule has 2 N–H and O–H groups in total. The topological polar surface area (TPSA) is 108 Å². The molecule has 5 aromatic rings. The molecular formula is C26H22ClN7O2. The number of H-pyrrole nitrogens is 1. The van der Waals surface area contributed by atoms with Crippen molar-refractivity contribution in [1.29, 1.82) is 0 Å². The summed E-state index contributed by atoms with van der Waals surface area (Å²) in [5, 5.41) is 12.3. The highest BCUT2D eigenvalue weighted by Crippen LogP contribution is 2.35. The number of pyridine rings is 1. The standard InChI is InChI=1S/C26H22ClN7O2/c27-13-24(35)31-18-4-1-3-16(11-18)26(36)33-10-7-17(15-33)22-12-20-19(6-9-28-25(20)32-22)21-14-30-34-23(21)5-2-8-29-34/h1-6,8-9,11-12,14,17H,7,10,13,15H2,(H,28,32)(H,31,35)/t17-/m0/s1. The van der Waals surface area contributed by atoms with Crippen molar-refractivity contribution in [1.82, 2.24) is 29.7 Å². The average Bonchev–Trinajstić information content (AvgIpc) is 3.66. The lowest BCUT2D eigenvalue weighted by molar-refractivity contribution is -0.113. The number of carbonyl (C=O) groups is 2. The van der Waals surface area contributed by atoms with Crippen LogP contribution >= 0.6 is 11.6 Å². The van der Waals surface area contributed by atoms with E-state index in [-0.39, 0.29) is 23.6 Å². The summed E-state index contributed by atoms with van der Waals surface area (Å²) in [6, 6.07) is 15.0. The second-order valence-electron chi connectivity index (χ2n) is 8.80. The number of amides is 2. The molecule has 1 aliphatic heterocycles. The van der Waals surface area contributed by atoms with Gasteiger partial charge in [0.1, 0.15) is 11.5 Å².